The Balaban J connectivity index is 1.77. The number of hydrogen-bond acceptors (Lipinski definition) is 4. The van der Waals surface area contributed by atoms with E-state index in [1.807, 2.05) is 31.2 Å². The number of alkyl halides is 3. The molecule has 1 heterocycles. The van der Waals surface area contributed by atoms with Crippen molar-refractivity contribution >= 4 is 34.3 Å². The normalized spacial score (nSPS) is 11.6. The predicted molar refractivity (Wildman–Crippen MR) is 104 cm³/mol. The summed E-state index contributed by atoms with van der Waals surface area (Å²) < 4.78 is 39.2. The number of aromatic nitrogens is 2. The Labute approximate surface area is 164 Å². The second-order valence-electron chi connectivity index (χ2n) is 6.09. The quantitative estimate of drug-likeness (QED) is 0.445. The van der Waals surface area contributed by atoms with E-state index >= 15 is 0 Å². The fourth-order valence-electron chi connectivity index (χ4n) is 2.70. The van der Waals surface area contributed by atoms with Crippen molar-refractivity contribution in [3.8, 4) is 0 Å². The number of hydrogen-bond donors (Lipinski definition) is 1. The van der Waals surface area contributed by atoms with Crippen molar-refractivity contribution in [1.29, 1.82) is 0 Å². The minimum atomic E-state index is -4.53. The van der Waals surface area contributed by atoms with Crippen LogP contribution in [0.2, 0.25) is 0 Å². The van der Waals surface area contributed by atoms with Crippen molar-refractivity contribution in [3.05, 3.63) is 59.9 Å². The lowest BCUT2D eigenvalue weighted by molar-refractivity contribution is -0.137. The molecule has 2 aromatic carbocycles. The molecular weight excluding hydrogens is 387 g/mol. The number of anilines is 1. The Morgan fingerprint density at radius 1 is 1.07 bits per heavy atom. The second-order valence-corrected chi connectivity index (χ2v) is 7.06. The lowest BCUT2D eigenvalue weighted by atomic mass is 10.1. The molecule has 146 valence electrons. The smallest absolute Gasteiger partial charge is 0.325 e. The van der Waals surface area contributed by atoms with Crippen LogP contribution in [-0.4, -0.2) is 21.6 Å². The van der Waals surface area contributed by atoms with Crippen LogP contribution in [0.5, 0.6) is 0 Å². The monoisotopic (exact) mass is 405 g/mol. The van der Waals surface area contributed by atoms with Crippen LogP contribution >= 0.6 is 11.8 Å². The van der Waals surface area contributed by atoms with Gasteiger partial charge in [0.05, 0.1) is 22.5 Å². The minimum Gasteiger partial charge on any atom is -0.325 e. The lowest BCUT2D eigenvalue weighted by Gasteiger charge is -2.13. The van der Waals surface area contributed by atoms with Crippen LogP contribution < -0.4 is 5.32 Å². The molecule has 0 atom stereocenters. The second kappa shape index (κ2) is 8.60. The summed E-state index contributed by atoms with van der Waals surface area (Å²) in [5.74, 6) is 0.103. The molecular formula is C20H18F3N3OS. The van der Waals surface area contributed by atoms with Gasteiger partial charge in [-0.2, -0.15) is 13.2 Å². The van der Waals surface area contributed by atoms with Gasteiger partial charge < -0.3 is 5.32 Å². The summed E-state index contributed by atoms with van der Waals surface area (Å²) in [6.45, 7) is 2.02. The molecule has 0 spiro atoms. The van der Waals surface area contributed by atoms with Gasteiger partial charge >= 0.3 is 6.18 Å². The van der Waals surface area contributed by atoms with Crippen LogP contribution in [0.3, 0.4) is 0 Å². The molecule has 1 N–H and O–H groups in total. The van der Waals surface area contributed by atoms with Gasteiger partial charge in [0.25, 0.3) is 0 Å². The molecule has 0 bridgehead atoms. The minimum absolute atomic E-state index is 0.0568. The van der Waals surface area contributed by atoms with Crippen molar-refractivity contribution < 1.29 is 18.0 Å². The SMILES string of the molecule is CCCc1nc(SCC(=O)Nc2ccccc2C(F)(F)F)c2ccccc2n1. The van der Waals surface area contributed by atoms with E-state index in [-0.39, 0.29) is 11.4 Å². The van der Waals surface area contributed by atoms with E-state index in [1.54, 1.807) is 0 Å². The van der Waals surface area contributed by atoms with Crippen LogP contribution in [0.4, 0.5) is 18.9 Å². The fraction of sp³-hybridized carbons (Fsp3) is 0.250. The topological polar surface area (TPSA) is 54.9 Å². The van der Waals surface area contributed by atoms with Crippen LogP contribution in [0.1, 0.15) is 24.7 Å². The third-order valence-corrected chi connectivity index (χ3v) is 4.93. The van der Waals surface area contributed by atoms with Crippen LogP contribution in [0, 0.1) is 0 Å². The average molecular weight is 405 g/mol. The highest BCUT2D eigenvalue weighted by molar-refractivity contribution is 8.00. The number of rotatable bonds is 6. The number of fused-ring (bicyclic) bond motifs is 1. The van der Waals surface area contributed by atoms with Crippen molar-refractivity contribution in [2.24, 2.45) is 0 Å². The Morgan fingerprint density at radius 2 is 1.79 bits per heavy atom. The van der Waals surface area contributed by atoms with Gasteiger partial charge in [-0.15, -0.1) is 0 Å². The van der Waals surface area contributed by atoms with E-state index in [1.165, 1.54) is 30.0 Å². The Kier molecular flexibility index (Phi) is 6.18. The molecule has 3 rings (SSSR count). The summed E-state index contributed by atoms with van der Waals surface area (Å²) in [6, 6.07) is 12.4. The van der Waals surface area contributed by atoms with Crippen LogP contribution in [0.15, 0.2) is 53.6 Å². The number of thioether (sulfide) groups is 1. The van der Waals surface area contributed by atoms with Gasteiger partial charge in [-0.3, -0.25) is 4.79 Å². The summed E-state index contributed by atoms with van der Waals surface area (Å²) in [6.07, 6.45) is -2.93. The van der Waals surface area contributed by atoms with Crippen molar-refractivity contribution in [1.82, 2.24) is 9.97 Å². The molecule has 0 fully saturated rings. The molecule has 4 nitrogen and oxygen atoms in total. The Morgan fingerprint density at radius 3 is 2.54 bits per heavy atom. The van der Waals surface area contributed by atoms with Gasteiger partial charge in [-0.25, -0.2) is 9.97 Å². The summed E-state index contributed by atoms with van der Waals surface area (Å²) in [5.41, 5.74) is -0.336. The first-order chi connectivity index (χ1) is 13.4. The van der Waals surface area contributed by atoms with E-state index in [2.05, 4.69) is 15.3 Å². The third-order valence-electron chi connectivity index (χ3n) is 3.93. The maximum Gasteiger partial charge on any atom is 0.418 e. The summed E-state index contributed by atoms with van der Waals surface area (Å²) in [7, 11) is 0. The molecule has 3 aromatic rings. The molecule has 0 saturated carbocycles. The molecule has 1 amide bonds. The number of amides is 1. The average Bonchev–Trinajstić information content (AvgIpc) is 2.66. The zero-order valence-corrected chi connectivity index (χ0v) is 15.9. The van der Waals surface area contributed by atoms with Crippen molar-refractivity contribution in [2.45, 2.75) is 31.0 Å². The fourth-order valence-corrected chi connectivity index (χ4v) is 3.54. The number of para-hydroxylation sites is 2. The van der Waals surface area contributed by atoms with Gasteiger partial charge in [0, 0.05) is 11.8 Å². The molecule has 0 aliphatic heterocycles. The number of nitrogens with zero attached hydrogens (tertiary/aromatic N) is 2. The molecule has 0 aliphatic carbocycles. The van der Waals surface area contributed by atoms with Crippen LogP contribution in [-0.2, 0) is 17.4 Å². The molecule has 0 aliphatic rings. The molecule has 28 heavy (non-hydrogen) atoms. The lowest BCUT2D eigenvalue weighted by Crippen LogP contribution is -2.18. The maximum absolute atomic E-state index is 13.1. The number of nitrogens with one attached hydrogen (secondary N) is 1. The number of halogens is 3. The van der Waals surface area contributed by atoms with Gasteiger partial charge in [0.1, 0.15) is 10.9 Å². The Bertz CT molecular complexity index is 992. The predicted octanol–water partition coefficient (Wildman–Crippen LogP) is 5.33. The molecule has 0 unspecified atom stereocenters. The van der Waals surface area contributed by atoms with Gasteiger partial charge in [-0.1, -0.05) is 49.0 Å². The Hall–Kier alpha value is -2.61. The largest absolute Gasteiger partial charge is 0.418 e. The number of benzene rings is 2. The highest BCUT2D eigenvalue weighted by atomic mass is 32.2. The van der Waals surface area contributed by atoms with E-state index < -0.39 is 17.6 Å². The van der Waals surface area contributed by atoms with Crippen molar-refractivity contribution in [3.63, 3.8) is 0 Å². The van der Waals surface area contributed by atoms with E-state index in [0.29, 0.717) is 17.3 Å². The summed E-state index contributed by atoms with van der Waals surface area (Å²) in [5, 5.41) is 3.81. The molecule has 1 aromatic heterocycles. The molecule has 0 saturated heterocycles. The van der Waals surface area contributed by atoms with E-state index in [0.717, 1.165) is 23.4 Å². The third kappa shape index (κ3) is 4.81. The summed E-state index contributed by atoms with van der Waals surface area (Å²) in [4.78, 5) is 21.3. The zero-order chi connectivity index (χ0) is 20.1. The first-order valence-electron chi connectivity index (χ1n) is 8.73. The highest BCUT2D eigenvalue weighted by Crippen LogP contribution is 2.34. The zero-order valence-electron chi connectivity index (χ0n) is 15.1. The molecule has 0 radical (unpaired) electrons. The number of carbonyl (C=O) groups excluding carboxylic acids is 1. The first kappa shape index (κ1) is 20.1. The number of carbonyl (C=O) groups is 1. The van der Waals surface area contributed by atoms with E-state index in [4.69, 9.17) is 0 Å². The van der Waals surface area contributed by atoms with Crippen LogP contribution in [0.25, 0.3) is 10.9 Å². The molecule has 8 heteroatoms. The van der Waals surface area contributed by atoms with Gasteiger partial charge in [0.15, 0.2) is 0 Å². The number of aryl methyl sites for hydroxylation is 1. The van der Waals surface area contributed by atoms with Gasteiger partial charge in [0.2, 0.25) is 5.91 Å². The van der Waals surface area contributed by atoms with Gasteiger partial charge in [-0.05, 0) is 24.6 Å². The van der Waals surface area contributed by atoms with Crippen molar-refractivity contribution in [2.75, 3.05) is 11.1 Å². The summed E-state index contributed by atoms with van der Waals surface area (Å²) >= 11 is 1.19. The standard InChI is InChI=1S/C20H18F3N3OS/c1-2-7-17-24-15-10-5-3-8-13(15)19(26-17)28-12-18(27)25-16-11-6-4-9-14(16)20(21,22)23/h3-6,8-11H,2,7,12H2,1H3,(H,25,27). The first-order valence-corrected chi connectivity index (χ1v) is 9.71. The van der Waals surface area contributed by atoms with E-state index in [9.17, 15) is 18.0 Å². The highest BCUT2D eigenvalue weighted by Gasteiger charge is 2.33. The maximum atomic E-state index is 13.1.